The molecule has 0 unspecified atom stereocenters. The minimum atomic E-state index is -0.116. The van der Waals surface area contributed by atoms with Gasteiger partial charge in [0.05, 0.1) is 12.3 Å². The lowest BCUT2D eigenvalue weighted by molar-refractivity contribution is 0.0668. The third-order valence-electron chi connectivity index (χ3n) is 3.94. The summed E-state index contributed by atoms with van der Waals surface area (Å²) in [6, 6.07) is 0. The molecule has 0 spiro atoms. The number of amides is 1. The topological polar surface area (TPSA) is 66.3 Å². The Bertz CT molecular complexity index is 444. The molecule has 5 heteroatoms. The fourth-order valence-electron chi connectivity index (χ4n) is 2.85. The Balaban J connectivity index is 2.07. The molecule has 1 saturated carbocycles. The molecule has 2 rings (SSSR count). The second-order valence-electron chi connectivity index (χ2n) is 5.47. The summed E-state index contributed by atoms with van der Waals surface area (Å²) in [5.41, 5.74) is 1.04. The first-order valence-electron chi connectivity index (χ1n) is 7.40. The van der Waals surface area contributed by atoms with Crippen molar-refractivity contribution in [3.63, 3.8) is 0 Å². The van der Waals surface area contributed by atoms with Crippen LogP contribution in [0.15, 0.2) is 12.4 Å². The van der Waals surface area contributed by atoms with E-state index in [1.807, 2.05) is 0 Å². The van der Waals surface area contributed by atoms with Gasteiger partial charge in [-0.05, 0) is 25.7 Å². The summed E-state index contributed by atoms with van der Waals surface area (Å²) < 4.78 is 0. The van der Waals surface area contributed by atoms with E-state index in [1.54, 1.807) is 18.0 Å². The van der Waals surface area contributed by atoms with Gasteiger partial charge in [0, 0.05) is 25.5 Å². The van der Waals surface area contributed by atoms with Crippen LogP contribution < -0.4 is 0 Å². The summed E-state index contributed by atoms with van der Waals surface area (Å²) in [6.45, 7) is 2.86. The highest BCUT2D eigenvalue weighted by Gasteiger charge is 2.23. The van der Waals surface area contributed by atoms with Crippen LogP contribution in [0.25, 0.3) is 0 Å². The molecule has 0 atom stereocenters. The van der Waals surface area contributed by atoms with Gasteiger partial charge in [0.1, 0.15) is 5.69 Å². The van der Waals surface area contributed by atoms with Gasteiger partial charge in [-0.2, -0.15) is 0 Å². The second kappa shape index (κ2) is 7.33. The number of aromatic nitrogens is 2. The van der Waals surface area contributed by atoms with E-state index in [2.05, 4.69) is 9.97 Å². The lowest BCUT2D eigenvalue weighted by Gasteiger charge is -2.29. The number of carbonyl (C=O) groups is 1. The standard InChI is InChI=1S/C15H23N3O2/c1-12-14(17-8-7-16-12)15(20)18(9-10-19)11-13-5-3-2-4-6-13/h7-8,13,19H,2-6,9-11H2,1H3. The summed E-state index contributed by atoms with van der Waals surface area (Å²) in [5.74, 6) is 0.437. The van der Waals surface area contributed by atoms with Crippen LogP contribution in [0.5, 0.6) is 0 Å². The number of hydrogen-bond donors (Lipinski definition) is 1. The van der Waals surface area contributed by atoms with Crippen molar-refractivity contribution in [1.29, 1.82) is 0 Å². The first kappa shape index (κ1) is 14.9. The zero-order valence-electron chi connectivity index (χ0n) is 12.1. The Hall–Kier alpha value is -1.49. The fraction of sp³-hybridized carbons (Fsp3) is 0.667. The number of aliphatic hydroxyl groups is 1. The molecule has 5 nitrogen and oxygen atoms in total. The first-order chi connectivity index (χ1) is 9.72. The minimum absolute atomic E-state index is 0.0161. The van der Waals surface area contributed by atoms with Crippen LogP contribution in [0.1, 0.15) is 48.3 Å². The van der Waals surface area contributed by atoms with Crippen LogP contribution in [-0.2, 0) is 0 Å². The second-order valence-corrected chi connectivity index (χ2v) is 5.47. The van der Waals surface area contributed by atoms with Gasteiger partial charge in [-0.1, -0.05) is 19.3 Å². The molecule has 0 saturated heterocycles. The Kier molecular flexibility index (Phi) is 5.47. The Labute approximate surface area is 120 Å². The molecule has 1 amide bonds. The average molecular weight is 277 g/mol. The number of carbonyl (C=O) groups excluding carboxylic acids is 1. The maximum absolute atomic E-state index is 12.5. The highest BCUT2D eigenvalue weighted by atomic mass is 16.3. The van der Waals surface area contributed by atoms with Crippen LogP contribution in [-0.4, -0.2) is 45.6 Å². The van der Waals surface area contributed by atoms with Crippen molar-refractivity contribution >= 4 is 5.91 Å². The third-order valence-corrected chi connectivity index (χ3v) is 3.94. The number of aliphatic hydroxyl groups excluding tert-OH is 1. The molecular formula is C15H23N3O2. The minimum Gasteiger partial charge on any atom is -0.395 e. The molecule has 1 aliphatic carbocycles. The van der Waals surface area contributed by atoms with Crippen LogP contribution in [0, 0.1) is 12.8 Å². The smallest absolute Gasteiger partial charge is 0.274 e. The van der Waals surface area contributed by atoms with Gasteiger partial charge in [0.15, 0.2) is 0 Å². The monoisotopic (exact) mass is 277 g/mol. The molecule has 1 aromatic heterocycles. The van der Waals surface area contributed by atoms with E-state index in [9.17, 15) is 9.90 Å². The SMILES string of the molecule is Cc1nccnc1C(=O)N(CCO)CC1CCCCC1. The molecule has 20 heavy (non-hydrogen) atoms. The van der Waals surface area contributed by atoms with Gasteiger partial charge in [0.2, 0.25) is 0 Å². The maximum atomic E-state index is 12.5. The van der Waals surface area contributed by atoms with E-state index >= 15 is 0 Å². The van der Waals surface area contributed by atoms with Crippen molar-refractivity contribution in [2.45, 2.75) is 39.0 Å². The van der Waals surface area contributed by atoms with Gasteiger partial charge in [0.25, 0.3) is 5.91 Å². The Morgan fingerprint density at radius 3 is 2.65 bits per heavy atom. The maximum Gasteiger partial charge on any atom is 0.274 e. The molecular weight excluding hydrogens is 254 g/mol. The predicted molar refractivity (Wildman–Crippen MR) is 76.3 cm³/mol. The van der Waals surface area contributed by atoms with E-state index in [4.69, 9.17) is 0 Å². The molecule has 1 N–H and O–H groups in total. The molecule has 0 aliphatic heterocycles. The summed E-state index contributed by atoms with van der Waals surface area (Å²) in [4.78, 5) is 22.5. The fourth-order valence-corrected chi connectivity index (χ4v) is 2.85. The summed E-state index contributed by atoms with van der Waals surface area (Å²) >= 11 is 0. The van der Waals surface area contributed by atoms with E-state index < -0.39 is 0 Å². The third kappa shape index (κ3) is 3.76. The number of aryl methyl sites for hydroxylation is 1. The molecule has 0 bridgehead atoms. The lowest BCUT2D eigenvalue weighted by Crippen LogP contribution is -2.38. The van der Waals surface area contributed by atoms with Crippen molar-refractivity contribution in [1.82, 2.24) is 14.9 Å². The van der Waals surface area contributed by atoms with E-state index in [0.717, 1.165) is 6.54 Å². The highest BCUT2D eigenvalue weighted by Crippen LogP contribution is 2.24. The molecule has 0 radical (unpaired) electrons. The largest absolute Gasteiger partial charge is 0.395 e. The normalized spacial score (nSPS) is 16.1. The van der Waals surface area contributed by atoms with Gasteiger partial charge in [-0.15, -0.1) is 0 Å². The molecule has 1 aromatic rings. The Morgan fingerprint density at radius 1 is 1.30 bits per heavy atom. The highest BCUT2D eigenvalue weighted by molar-refractivity contribution is 5.93. The quantitative estimate of drug-likeness (QED) is 0.891. The zero-order chi connectivity index (χ0) is 14.4. The van der Waals surface area contributed by atoms with Gasteiger partial charge in [-0.3, -0.25) is 9.78 Å². The van der Waals surface area contributed by atoms with Gasteiger partial charge in [-0.25, -0.2) is 4.98 Å². The molecule has 0 aromatic carbocycles. The average Bonchev–Trinajstić information content (AvgIpc) is 2.48. The van der Waals surface area contributed by atoms with E-state index in [-0.39, 0.29) is 12.5 Å². The number of rotatable bonds is 5. The predicted octanol–water partition coefficient (Wildman–Crippen LogP) is 1.80. The summed E-state index contributed by atoms with van der Waals surface area (Å²) in [5, 5.41) is 9.20. The molecule has 1 aliphatic rings. The van der Waals surface area contributed by atoms with Crippen LogP contribution >= 0.6 is 0 Å². The van der Waals surface area contributed by atoms with Crippen LogP contribution in [0.3, 0.4) is 0 Å². The van der Waals surface area contributed by atoms with Crippen LogP contribution in [0.2, 0.25) is 0 Å². The van der Waals surface area contributed by atoms with Crippen molar-refractivity contribution in [2.24, 2.45) is 5.92 Å². The summed E-state index contributed by atoms with van der Waals surface area (Å²) in [6.07, 6.45) is 9.27. The molecule has 1 fully saturated rings. The lowest BCUT2D eigenvalue weighted by atomic mass is 9.89. The van der Waals surface area contributed by atoms with Crippen molar-refractivity contribution in [3.8, 4) is 0 Å². The van der Waals surface area contributed by atoms with Gasteiger partial charge < -0.3 is 10.0 Å². The van der Waals surface area contributed by atoms with Crippen molar-refractivity contribution < 1.29 is 9.90 Å². The molecule has 110 valence electrons. The zero-order valence-corrected chi connectivity index (χ0v) is 12.1. The van der Waals surface area contributed by atoms with Crippen molar-refractivity contribution in [3.05, 3.63) is 23.8 Å². The molecule has 1 heterocycles. The number of nitrogens with zero attached hydrogens (tertiary/aromatic N) is 3. The van der Waals surface area contributed by atoms with E-state index in [0.29, 0.717) is 23.9 Å². The number of hydrogen-bond acceptors (Lipinski definition) is 4. The van der Waals surface area contributed by atoms with Crippen molar-refractivity contribution in [2.75, 3.05) is 19.7 Å². The van der Waals surface area contributed by atoms with Gasteiger partial charge >= 0.3 is 0 Å². The summed E-state index contributed by atoms with van der Waals surface area (Å²) in [7, 11) is 0. The first-order valence-corrected chi connectivity index (χ1v) is 7.40. The van der Waals surface area contributed by atoms with Crippen LogP contribution in [0.4, 0.5) is 0 Å². The Morgan fingerprint density at radius 2 is 2.00 bits per heavy atom. The van der Waals surface area contributed by atoms with E-state index in [1.165, 1.54) is 38.3 Å².